The van der Waals surface area contributed by atoms with Crippen LogP contribution in [0.1, 0.15) is 13.3 Å². The lowest BCUT2D eigenvalue weighted by atomic mass is 10.3. The molecule has 1 rings (SSSR count). The largest absolute Gasteiger partial charge is 0.393 e. The minimum atomic E-state index is -0.179. The standard InChI is InChI=1S/C10H14OS/c1-9(11)7-8-12-10-5-3-2-4-6-10/h2-6,9,11H,7-8H2,1H3/t9-/m1/s1. The fourth-order valence-electron chi connectivity index (χ4n) is 0.864. The molecule has 1 atom stereocenters. The highest BCUT2D eigenvalue weighted by atomic mass is 32.2. The molecule has 66 valence electrons. The van der Waals surface area contributed by atoms with Crippen molar-refractivity contribution in [3.05, 3.63) is 30.3 Å². The summed E-state index contributed by atoms with van der Waals surface area (Å²) < 4.78 is 0. The van der Waals surface area contributed by atoms with Crippen LogP contribution < -0.4 is 0 Å². The molecule has 0 heterocycles. The number of hydrogen-bond donors (Lipinski definition) is 1. The Labute approximate surface area is 77.8 Å². The lowest BCUT2D eigenvalue weighted by molar-refractivity contribution is 0.192. The highest BCUT2D eigenvalue weighted by molar-refractivity contribution is 7.99. The van der Waals surface area contributed by atoms with Crippen molar-refractivity contribution in [2.24, 2.45) is 0 Å². The van der Waals surface area contributed by atoms with E-state index in [0.29, 0.717) is 0 Å². The van der Waals surface area contributed by atoms with Crippen LogP contribution in [-0.4, -0.2) is 17.0 Å². The molecule has 0 aromatic heterocycles. The average molecular weight is 182 g/mol. The second kappa shape index (κ2) is 5.22. The van der Waals surface area contributed by atoms with Gasteiger partial charge in [0.15, 0.2) is 0 Å². The van der Waals surface area contributed by atoms with E-state index in [1.54, 1.807) is 11.8 Å². The predicted octanol–water partition coefficient (Wildman–Crippen LogP) is 2.55. The SMILES string of the molecule is C[C@@H](O)CCSc1ccccc1. The lowest BCUT2D eigenvalue weighted by Gasteiger charge is -2.02. The molecular formula is C10H14OS. The monoisotopic (exact) mass is 182 g/mol. The van der Waals surface area contributed by atoms with Gasteiger partial charge in [-0.2, -0.15) is 0 Å². The van der Waals surface area contributed by atoms with Crippen LogP contribution in [0.25, 0.3) is 0 Å². The summed E-state index contributed by atoms with van der Waals surface area (Å²) in [5, 5.41) is 9.02. The third-order valence-electron chi connectivity index (χ3n) is 1.55. The van der Waals surface area contributed by atoms with Crippen molar-refractivity contribution >= 4 is 11.8 Å². The maximum Gasteiger partial charge on any atom is 0.0520 e. The van der Waals surface area contributed by atoms with E-state index in [2.05, 4.69) is 12.1 Å². The lowest BCUT2D eigenvalue weighted by Crippen LogP contribution is -1.99. The Bertz CT molecular complexity index is 208. The molecule has 0 bridgehead atoms. The summed E-state index contributed by atoms with van der Waals surface area (Å²) in [6.45, 7) is 1.82. The normalized spacial score (nSPS) is 12.8. The molecule has 0 radical (unpaired) electrons. The van der Waals surface area contributed by atoms with E-state index >= 15 is 0 Å². The Hall–Kier alpha value is -0.470. The molecular weight excluding hydrogens is 168 g/mol. The van der Waals surface area contributed by atoms with Crippen LogP contribution in [0.3, 0.4) is 0 Å². The van der Waals surface area contributed by atoms with Gasteiger partial charge in [-0.15, -0.1) is 11.8 Å². The van der Waals surface area contributed by atoms with E-state index in [1.807, 2.05) is 25.1 Å². The highest BCUT2D eigenvalue weighted by Crippen LogP contribution is 2.18. The number of thioether (sulfide) groups is 1. The van der Waals surface area contributed by atoms with Gasteiger partial charge in [0.25, 0.3) is 0 Å². The molecule has 1 aromatic carbocycles. The van der Waals surface area contributed by atoms with Crippen LogP contribution in [-0.2, 0) is 0 Å². The van der Waals surface area contributed by atoms with Gasteiger partial charge in [-0.3, -0.25) is 0 Å². The molecule has 12 heavy (non-hydrogen) atoms. The Morgan fingerprint density at radius 1 is 1.33 bits per heavy atom. The molecule has 1 aromatic rings. The number of aliphatic hydroxyl groups is 1. The highest BCUT2D eigenvalue weighted by Gasteiger charge is 1.96. The topological polar surface area (TPSA) is 20.2 Å². The van der Waals surface area contributed by atoms with Gasteiger partial charge < -0.3 is 5.11 Å². The number of rotatable bonds is 4. The number of hydrogen-bond acceptors (Lipinski definition) is 2. The number of aliphatic hydroxyl groups excluding tert-OH is 1. The number of benzene rings is 1. The van der Waals surface area contributed by atoms with Crippen molar-refractivity contribution in [1.82, 2.24) is 0 Å². The van der Waals surface area contributed by atoms with Gasteiger partial charge in [0.1, 0.15) is 0 Å². The Morgan fingerprint density at radius 2 is 2.00 bits per heavy atom. The quantitative estimate of drug-likeness (QED) is 0.722. The maximum atomic E-state index is 9.02. The van der Waals surface area contributed by atoms with Gasteiger partial charge >= 0.3 is 0 Å². The minimum Gasteiger partial charge on any atom is -0.393 e. The van der Waals surface area contributed by atoms with E-state index in [1.165, 1.54) is 4.90 Å². The molecule has 0 spiro atoms. The predicted molar refractivity (Wildman–Crippen MR) is 53.5 cm³/mol. The van der Waals surface area contributed by atoms with E-state index in [9.17, 15) is 0 Å². The van der Waals surface area contributed by atoms with Crippen LogP contribution in [0.5, 0.6) is 0 Å². The molecule has 0 saturated carbocycles. The zero-order valence-corrected chi connectivity index (χ0v) is 8.05. The molecule has 0 saturated heterocycles. The van der Waals surface area contributed by atoms with E-state index in [-0.39, 0.29) is 6.10 Å². The molecule has 0 aliphatic heterocycles. The summed E-state index contributed by atoms with van der Waals surface area (Å²) in [5.41, 5.74) is 0. The first-order valence-corrected chi connectivity index (χ1v) is 5.13. The molecule has 1 N–H and O–H groups in total. The fraction of sp³-hybridized carbons (Fsp3) is 0.400. The zero-order valence-electron chi connectivity index (χ0n) is 7.23. The van der Waals surface area contributed by atoms with Crippen LogP contribution in [0.4, 0.5) is 0 Å². The van der Waals surface area contributed by atoms with Crippen LogP contribution >= 0.6 is 11.8 Å². The summed E-state index contributed by atoms with van der Waals surface area (Å²) in [4.78, 5) is 1.28. The molecule has 2 heteroatoms. The van der Waals surface area contributed by atoms with Crippen molar-refractivity contribution in [2.45, 2.75) is 24.3 Å². The van der Waals surface area contributed by atoms with Crippen molar-refractivity contribution in [3.8, 4) is 0 Å². The first-order chi connectivity index (χ1) is 5.79. The van der Waals surface area contributed by atoms with Crippen LogP contribution in [0.2, 0.25) is 0 Å². The first-order valence-electron chi connectivity index (χ1n) is 4.15. The van der Waals surface area contributed by atoms with Crippen LogP contribution in [0, 0.1) is 0 Å². The molecule has 0 aliphatic carbocycles. The molecule has 0 amide bonds. The second-order valence-electron chi connectivity index (χ2n) is 2.80. The summed E-state index contributed by atoms with van der Waals surface area (Å²) >= 11 is 1.79. The van der Waals surface area contributed by atoms with Gasteiger partial charge in [-0.05, 0) is 25.5 Å². The van der Waals surface area contributed by atoms with Crippen molar-refractivity contribution in [3.63, 3.8) is 0 Å². The van der Waals surface area contributed by atoms with Gasteiger partial charge in [0.2, 0.25) is 0 Å². The van der Waals surface area contributed by atoms with Crippen molar-refractivity contribution in [2.75, 3.05) is 5.75 Å². The third kappa shape index (κ3) is 3.79. The summed E-state index contributed by atoms with van der Waals surface area (Å²) in [6, 6.07) is 10.3. The summed E-state index contributed by atoms with van der Waals surface area (Å²) in [5.74, 6) is 0.988. The molecule has 0 aliphatic rings. The van der Waals surface area contributed by atoms with Crippen molar-refractivity contribution in [1.29, 1.82) is 0 Å². The average Bonchev–Trinajstić information content (AvgIpc) is 2.05. The second-order valence-corrected chi connectivity index (χ2v) is 3.97. The molecule has 0 unspecified atom stereocenters. The summed E-state index contributed by atoms with van der Waals surface area (Å²) in [7, 11) is 0. The van der Waals surface area contributed by atoms with Crippen molar-refractivity contribution < 1.29 is 5.11 Å². The van der Waals surface area contributed by atoms with Gasteiger partial charge in [0, 0.05) is 10.6 Å². The Morgan fingerprint density at radius 3 is 2.58 bits per heavy atom. The van der Waals surface area contributed by atoms with Gasteiger partial charge in [0.05, 0.1) is 6.10 Å². The minimum absolute atomic E-state index is 0.179. The van der Waals surface area contributed by atoms with Crippen LogP contribution in [0.15, 0.2) is 35.2 Å². The smallest absolute Gasteiger partial charge is 0.0520 e. The van der Waals surface area contributed by atoms with Gasteiger partial charge in [-0.1, -0.05) is 18.2 Å². The fourth-order valence-corrected chi connectivity index (χ4v) is 1.91. The molecule has 1 nitrogen and oxygen atoms in total. The van der Waals surface area contributed by atoms with E-state index in [0.717, 1.165) is 12.2 Å². The van der Waals surface area contributed by atoms with Gasteiger partial charge in [-0.25, -0.2) is 0 Å². The Balaban J connectivity index is 2.25. The Kier molecular flexibility index (Phi) is 4.19. The first kappa shape index (κ1) is 9.62. The maximum absolute atomic E-state index is 9.02. The summed E-state index contributed by atoms with van der Waals surface area (Å²) in [6.07, 6.45) is 0.681. The molecule has 0 fully saturated rings. The van der Waals surface area contributed by atoms with E-state index < -0.39 is 0 Å². The zero-order chi connectivity index (χ0) is 8.81. The third-order valence-corrected chi connectivity index (χ3v) is 2.59. The van der Waals surface area contributed by atoms with E-state index in [4.69, 9.17) is 5.11 Å².